The van der Waals surface area contributed by atoms with Crippen LogP contribution in [-0.2, 0) is 17.8 Å². The molecule has 0 spiro atoms. The monoisotopic (exact) mass is 268 g/mol. The number of nitrogens with zero attached hydrogens (tertiary/aromatic N) is 1. The van der Waals surface area contributed by atoms with Gasteiger partial charge in [0.1, 0.15) is 5.76 Å². The molecule has 0 saturated heterocycles. The number of nitrogen functional groups attached to an aromatic ring is 1. The molecule has 4 nitrogen and oxygen atoms in total. The van der Waals surface area contributed by atoms with Gasteiger partial charge in [-0.3, -0.25) is 4.79 Å². The van der Waals surface area contributed by atoms with Crippen molar-refractivity contribution in [2.24, 2.45) is 0 Å². The standard InChI is InChI=1S/C16H16N2O2/c17-15-5-1-3-12-8-9-18(11-14(12)15)16(19)7-6-13-4-2-10-20-13/h1-7,10H,8-9,11,17H2/b7-6+. The second-order valence-corrected chi connectivity index (χ2v) is 4.84. The highest BCUT2D eigenvalue weighted by atomic mass is 16.3. The molecule has 0 atom stereocenters. The van der Waals surface area contributed by atoms with Crippen molar-refractivity contribution in [3.05, 3.63) is 59.6 Å². The molecule has 2 aromatic rings. The van der Waals surface area contributed by atoms with Gasteiger partial charge in [-0.15, -0.1) is 0 Å². The zero-order valence-electron chi connectivity index (χ0n) is 11.1. The van der Waals surface area contributed by atoms with Gasteiger partial charge in [-0.1, -0.05) is 12.1 Å². The summed E-state index contributed by atoms with van der Waals surface area (Å²) >= 11 is 0. The highest BCUT2D eigenvalue weighted by Crippen LogP contribution is 2.24. The van der Waals surface area contributed by atoms with Crippen LogP contribution in [0.4, 0.5) is 5.69 Å². The number of rotatable bonds is 2. The van der Waals surface area contributed by atoms with E-state index in [0.717, 1.165) is 24.2 Å². The van der Waals surface area contributed by atoms with E-state index in [4.69, 9.17) is 10.2 Å². The minimum atomic E-state index is -0.0182. The predicted octanol–water partition coefficient (Wildman–Crippen LogP) is 2.46. The van der Waals surface area contributed by atoms with E-state index in [0.29, 0.717) is 12.3 Å². The number of furan rings is 1. The number of amides is 1. The first-order valence-electron chi connectivity index (χ1n) is 6.61. The van der Waals surface area contributed by atoms with Crippen molar-refractivity contribution < 1.29 is 9.21 Å². The van der Waals surface area contributed by atoms with Crippen molar-refractivity contribution in [2.45, 2.75) is 13.0 Å². The minimum absolute atomic E-state index is 0.0182. The van der Waals surface area contributed by atoms with Gasteiger partial charge in [0, 0.05) is 24.9 Å². The lowest BCUT2D eigenvalue weighted by Gasteiger charge is -2.28. The van der Waals surface area contributed by atoms with Crippen LogP contribution in [0, 0.1) is 0 Å². The molecule has 0 saturated carbocycles. The van der Waals surface area contributed by atoms with Crippen LogP contribution in [0.3, 0.4) is 0 Å². The molecule has 2 N–H and O–H groups in total. The second kappa shape index (κ2) is 5.25. The Hall–Kier alpha value is -2.49. The Kier molecular flexibility index (Phi) is 3.29. The number of carbonyl (C=O) groups excluding carboxylic acids is 1. The van der Waals surface area contributed by atoms with Crippen LogP contribution in [0.1, 0.15) is 16.9 Å². The Bertz CT molecular complexity index is 645. The Labute approximate surface area is 117 Å². The lowest BCUT2D eigenvalue weighted by atomic mass is 9.98. The fourth-order valence-electron chi connectivity index (χ4n) is 2.44. The van der Waals surface area contributed by atoms with Crippen molar-refractivity contribution in [3.63, 3.8) is 0 Å². The van der Waals surface area contributed by atoms with E-state index >= 15 is 0 Å². The highest BCUT2D eigenvalue weighted by Gasteiger charge is 2.20. The molecule has 2 heterocycles. The molecule has 1 aliphatic heterocycles. The molecule has 1 aliphatic rings. The average Bonchev–Trinajstić information content (AvgIpc) is 2.98. The zero-order valence-corrected chi connectivity index (χ0v) is 11.1. The Morgan fingerprint density at radius 2 is 2.20 bits per heavy atom. The third kappa shape index (κ3) is 2.45. The van der Waals surface area contributed by atoms with E-state index in [1.165, 1.54) is 5.56 Å². The molecule has 3 rings (SSSR count). The number of hydrogen-bond acceptors (Lipinski definition) is 3. The normalized spacial score (nSPS) is 14.5. The number of fused-ring (bicyclic) bond motifs is 1. The maximum Gasteiger partial charge on any atom is 0.247 e. The lowest BCUT2D eigenvalue weighted by molar-refractivity contribution is -0.126. The summed E-state index contributed by atoms with van der Waals surface area (Å²) in [5, 5.41) is 0. The predicted molar refractivity (Wildman–Crippen MR) is 77.7 cm³/mol. The van der Waals surface area contributed by atoms with Gasteiger partial charge in [0.2, 0.25) is 5.91 Å². The topological polar surface area (TPSA) is 59.5 Å². The molecule has 4 heteroatoms. The van der Waals surface area contributed by atoms with Gasteiger partial charge in [0.15, 0.2) is 0 Å². The molecule has 0 unspecified atom stereocenters. The molecule has 1 aromatic heterocycles. The fourth-order valence-corrected chi connectivity index (χ4v) is 2.44. The number of nitrogens with two attached hydrogens (primary N) is 1. The number of benzene rings is 1. The zero-order chi connectivity index (χ0) is 13.9. The van der Waals surface area contributed by atoms with Gasteiger partial charge >= 0.3 is 0 Å². The summed E-state index contributed by atoms with van der Waals surface area (Å²) in [7, 11) is 0. The van der Waals surface area contributed by atoms with Crippen LogP contribution < -0.4 is 5.73 Å². The lowest BCUT2D eigenvalue weighted by Crippen LogP contribution is -2.35. The summed E-state index contributed by atoms with van der Waals surface area (Å²) in [4.78, 5) is 14.0. The van der Waals surface area contributed by atoms with Crippen LogP contribution in [0.15, 0.2) is 47.1 Å². The molecule has 1 amide bonds. The average molecular weight is 268 g/mol. The summed E-state index contributed by atoms with van der Waals surface area (Å²) in [5.74, 6) is 0.658. The molecule has 0 radical (unpaired) electrons. The highest BCUT2D eigenvalue weighted by molar-refractivity contribution is 5.91. The quantitative estimate of drug-likeness (QED) is 0.672. The van der Waals surface area contributed by atoms with Crippen molar-refractivity contribution in [3.8, 4) is 0 Å². The Morgan fingerprint density at radius 1 is 1.30 bits per heavy atom. The maximum atomic E-state index is 12.2. The van der Waals surface area contributed by atoms with Crippen molar-refractivity contribution in [2.75, 3.05) is 12.3 Å². The van der Waals surface area contributed by atoms with Gasteiger partial charge < -0.3 is 15.1 Å². The largest absolute Gasteiger partial charge is 0.465 e. The van der Waals surface area contributed by atoms with E-state index < -0.39 is 0 Å². The van der Waals surface area contributed by atoms with E-state index in [1.54, 1.807) is 29.4 Å². The van der Waals surface area contributed by atoms with E-state index in [9.17, 15) is 4.79 Å². The van der Waals surface area contributed by atoms with Crippen LogP contribution >= 0.6 is 0 Å². The first kappa shape index (κ1) is 12.5. The molecule has 0 bridgehead atoms. The second-order valence-electron chi connectivity index (χ2n) is 4.84. The molecular formula is C16H16N2O2. The summed E-state index contributed by atoms with van der Waals surface area (Å²) in [6, 6.07) is 9.52. The van der Waals surface area contributed by atoms with E-state index in [-0.39, 0.29) is 5.91 Å². The minimum Gasteiger partial charge on any atom is -0.465 e. The van der Waals surface area contributed by atoms with Gasteiger partial charge in [0.05, 0.1) is 6.26 Å². The molecule has 102 valence electrons. The Morgan fingerprint density at radius 3 is 3.00 bits per heavy atom. The van der Waals surface area contributed by atoms with Gasteiger partial charge in [-0.05, 0) is 41.8 Å². The van der Waals surface area contributed by atoms with E-state index in [1.807, 2.05) is 18.2 Å². The van der Waals surface area contributed by atoms with Crippen LogP contribution in [0.25, 0.3) is 6.08 Å². The van der Waals surface area contributed by atoms with Gasteiger partial charge in [-0.25, -0.2) is 0 Å². The summed E-state index contributed by atoms with van der Waals surface area (Å²) in [5.41, 5.74) is 9.05. The summed E-state index contributed by atoms with van der Waals surface area (Å²) in [6.45, 7) is 1.29. The van der Waals surface area contributed by atoms with Crippen LogP contribution in [0.2, 0.25) is 0 Å². The van der Waals surface area contributed by atoms with Crippen molar-refractivity contribution in [1.82, 2.24) is 4.90 Å². The number of anilines is 1. The maximum absolute atomic E-state index is 12.2. The molecule has 20 heavy (non-hydrogen) atoms. The summed E-state index contributed by atoms with van der Waals surface area (Å²) in [6.07, 6.45) is 5.66. The Balaban J connectivity index is 1.73. The fraction of sp³-hybridized carbons (Fsp3) is 0.188. The molecule has 0 aliphatic carbocycles. The molecule has 1 aromatic carbocycles. The number of hydrogen-bond donors (Lipinski definition) is 1. The van der Waals surface area contributed by atoms with Gasteiger partial charge in [-0.2, -0.15) is 0 Å². The van der Waals surface area contributed by atoms with Crippen molar-refractivity contribution in [1.29, 1.82) is 0 Å². The van der Waals surface area contributed by atoms with Gasteiger partial charge in [0.25, 0.3) is 0 Å². The first-order chi connectivity index (χ1) is 9.74. The molecular weight excluding hydrogens is 252 g/mol. The summed E-state index contributed by atoms with van der Waals surface area (Å²) < 4.78 is 5.17. The first-order valence-corrected chi connectivity index (χ1v) is 6.61. The van der Waals surface area contributed by atoms with Crippen LogP contribution in [-0.4, -0.2) is 17.4 Å². The third-order valence-corrected chi connectivity index (χ3v) is 3.55. The SMILES string of the molecule is Nc1cccc2c1CN(C(=O)/C=C/c1ccco1)CC2. The molecule has 0 fully saturated rings. The van der Waals surface area contributed by atoms with Crippen molar-refractivity contribution >= 4 is 17.7 Å². The van der Waals surface area contributed by atoms with E-state index in [2.05, 4.69) is 6.07 Å². The smallest absolute Gasteiger partial charge is 0.247 e. The third-order valence-electron chi connectivity index (χ3n) is 3.55. The van der Waals surface area contributed by atoms with Crippen LogP contribution in [0.5, 0.6) is 0 Å². The number of carbonyl (C=O) groups is 1.